The van der Waals surface area contributed by atoms with Gasteiger partial charge >= 0.3 is 5.69 Å². The van der Waals surface area contributed by atoms with Crippen LogP contribution in [0.15, 0.2) is 70.5 Å². The highest BCUT2D eigenvalue weighted by molar-refractivity contribution is 5.35. The summed E-state index contributed by atoms with van der Waals surface area (Å²) in [5.74, 6) is 6.37. The zero-order valence-corrected chi connectivity index (χ0v) is 18.8. The molecule has 0 radical (unpaired) electrons. The number of rotatable bonds is 4. The van der Waals surface area contributed by atoms with Crippen molar-refractivity contribution in [3.8, 4) is 17.5 Å². The normalized spacial score (nSPS) is 13.2. The van der Waals surface area contributed by atoms with Gasteiger partial charge in [-0.2, -0.15) is 0 Å². The summed E-state index contributed by atoms with van der Waals surface area (Å²) in [6, 6.07) is 17.3. The van der Waals surface area contributed by atoms with E-state index in [-0.39, 0.29) is 17.8 Å². The van der Waals surface area contributed by atoms with E-state index in [4.69, 9.17) is 0 Å². The summed E-state index contributed by atoms with van der Waals surface area (Å²) in [6.45, 7) is 1.99. The predicted octanol–water partition coefficient (Wildman–Crippen LogP) is 0.981. The van der Waals surface area contributed by atoms with Gasteiger partial charge in [0.2, 0.25) is 0 Å². The quantitative estimate of drug-likeness (QED) is 0.428. The molecule has 2 aromatic heterocycles. The van der Waals surface area contributed by atoms with E-state index in [1.165, 1.54) is 10.9 Å². The summed E-state index contributed by atoms with van der Waals surface area (Å²) in [6.07, 6.45) is 2.15. The average molecular weight is 454 g/mol. The van der Waals surface area contributed by atoms with Gasteiger partial charge in [0.15, 0.2) is 0 Å². The molecular weight excluding hydrogens is 430 g/mol. The minimum Gasteiger partial charge on any atom is -0.300 e. The van der Waals surface area contributed by atoms with E-state index in [0.717, 1.165) is 29.1 Å². The number of fused-ring (bicyclic) bond motifs is 1. The Balaban J connectivity index is 1.38. The first kappa shape index (κ1) is 21.6. The van der Waals surface area contributed by atoms with Crippen molar-refractivity contribution in [3.05, 3.63) is 104 Å². The molecule has 34 heavy (non-hydrogen) atoms. The second-order valence-corrected chi connectivity index (χ2v) is 8.21. The Morgan fingerprint density at radius 3 is 2.56 bits per heavy atom. The molecule has 5 rings (SSSR count). The summed E-state index contributed by atoms with van der Waals surface area (Å²) in [4.78, 5) is 28.5. The number of benzene rings is 2. The van der Waals surface area contributed by atoms with E-state index in [1.54, 1.807) is 16.3 Å². The van der Waals surface area contributed by atoms with Crippen molar-refractivity contribution in [1.82, 2.24) is 34.2 Å². The van der Waals surface area contributed by atoms with Crippen molar-refractivity contribution in [1.29, 1.82) is 0 Å². The Morgan fingerprint density at radius 2 is 1.82 bits per heavy atom. The second kappa shape index (κ2) is 9.29. The van der Waals surface area contributed by atoms with E-state index < -0.39 is 0 Å². The fourth-order valence-corrected chi connectivity index (χ4v) is 4.18. The van der Waals surface area contributed by atoms with Gasteiger partial charge < -0.3 is 4.57 Å². The van der Waals surface area contributed by atoms with Gasteiger partial charge in [-0.15, -0.1) is 5.10 Å². The zero-order valence-electron chi connectivity index (χ0n) is 18.8. The molecule has 3 heterocycles. The minimum atomic E-state index is -0.300. The summed E-state index contributed by atoms with van der Waals surface area (Å²) in [7, 11) is 1.74. The average Bonchev–Trinajstić information content (AvgIpc) is 3.41. The van der Waals surface area contributed by atoms with Gasteiger partial charge in [0.1, 0.15) is 6.33 Å². The van der Waals surface area contributed by atoms with Crippen LogP contribution < -0.4 is 11.2 Å². The van der Waals surface area contributed by atoms with Gasteiger partial charge in [0.05, 0.1) is 24.3 Å². The first-order chi connectivity index (χ1) is 16.6. The molecule has 0 aliphatic carbocycles. The first-order valence-electron chi connectivity index (χ1n) is 11.0. The monoisotopic (exact) mass is 453 g/mol. The molecular formula is C25H23N7O2. The fourth-order valence-electron chi connectivity index (χ4n) is 4.18. The molecule has 0 amide bonds. The van der Waals surface area contributed by atoms with Gasteiger partial charge in [-0.05, 0) is 40.3 Å². The third-order valence-corrected chi connectivity index (χ3v) is 6.02. The molecule has 2 aromatic carbocycles. The van der Waals surface area contributed by atoms with Crippen molar-refractivity contribution in [3.63, 3.8) is 0 Å². The Labute approximate surface area is 195 Å². The van der Waals surface area contributed by atoms with Crippen LogP contribution in [0.1, 0.15) is 22.4 Å². The van der Waals surface area contributed by atoms with Crippen LogP contribution in [0.3, 0.4) is 0 Å². The number of tetrazole rings is 1. The molecule has 0 spiro atoms. The number of hydrogen-bond acceptors (Lipinski definition) is 6. The third kappa shape index (κ3) is 4.31. The van der Waals surface area contributed by atoms with Crippen molar-refractivity contribution < 1.29 is 0 Å². The Hall–Kier alpha value is -4.29. The van der Waals surface area contributed by atoms with Gasteiger partial charge in [-0.3, -0.25) is 14.3 Å². The lowest BCUT2D eigenvalue weighted by molar-refractivity contribution is 0.275. The SMILES string of the molecule is Cn1c2c(c(=O)n(Cc3ccc(-n4cnnn4)cc3)c1=O)CN(CC#Cc1ccccc1)CC2. The standard InChI is InChI=1S/C25H23N7O2/c1-29-23-13-15-30(14-5-8-19-6-3-2-4-7-19)17-22(23)24(33)31(25(29)34)16-20-9-11-21(12-10-20)32-18-26-27-28-32/h2-4,6-7,9-12,18H,13-17H2,1H3. The van der Waals surface area contributed by atoms with Crippen LogP contribution in [0, 0.1) is 11.8 Å². The number of aromatic nitrogens is 6. The van der Waals surface area contributed by atoms with Crippen molar-refractivity contribution in [2.75, 3.05) is 13.1 Å². The first-order valence-corrected chi connectivity index (χ1v) is 11.0. The Bertz CT molecular complexity index is 1480. The summed E-state index contributed by atoms with van der Waals surface area (Å²) >= 11 is 0. The molecule has 1 aliphatic heterocycles. The molecule has 4 aromatic rings. The van der Waals surface area contributed by atoms with Crippen LogP contribution in [-0.4, -0.2) is 47.3 Å². The van der Waals surface area contributed by atoms with E-state index in [9.17, 15) is 9.59 Å². The lowest BCUT2D eigenvalue weighted by atomic mass is 10.1. The lowest BCUT2D eigenvalue weighted by Crippen LogP contribution is -2.47. The van der Waals surface area contributed by atoms with E-state index in [0.29, 0.717) is 25.1 Å². The van der Waals surface area contributed by atoms with Crippen molar-refractivity contribution in [2.45, 2.75) is 19.5 Å². The maximum Gasteiger partial charge on any atom is 0.331 e. The number of hydrogen-bond donors (Lipinski definition) is 0. The highest BCUT2D eigenvalue weighted by Crippen LogP contribution is 2.14. The molecule has 9 nitrogen and oxygen atoms in total. The topological polar surface area (TPSA) is 90.8 Å². The third-order valence-electron chi connectivity index (χ3n) is 6.02. The van der Waals surface area contributed by atoms with Gasteiger partial charge in [0, 0.05) is 37.8 Å². The van der Waals surface area contributed by atoms with Gasteiger partial charge in [0.25, 0.3) is 5.56 Å². The van der Waals surface area contributed by atoms with Crippen molar-refractivity contribution >= 4 is 0 Å². The van der Waals surface area contributed by atoms with E-state index >= 15 is 0 Å². The maximum absolute atomic E-state index is 13.3. The fraction of sp³-hybridized carbons (Fsp3) is 0.240. The number of nitrogens with zero attached hydrogens (tertiary/aromatic N) is 7. The van der Waals surface area contributed by atoms with Crippen LogP contribution in [0.4, 0.5) is 0 Å². The maximum atomic E-state index is 13.3. The largest absolute Gasteiger partial charge is 0.331 e. The van der Waals surface area contributed by atoms with Crippen LogP contribution in [0.2, 0.25) is 0 Å². The molecule has 0 saturated heterocycles. The molecule has 0 fully saturated rings. The van der Waals surface area contributed by atoms with Gasteiger partial charge in [-0.1, -0.05) is 42.2 Å². The molecule has 0 saturated carbocycles. The smallest absolute Gasteiger partial charge is 0.300 e. The van der Waals surface area contributed by atoms with Crippen LogP contribution in [-0.2, 0) is 26.6 Å². The Morgan fingerprint density at radius 1 is 1.03 bits per heavy atom. The predicted molar refractivity (Wildman–Crippen MR) is 127 cm³/mol. The van der Waals surface area contributed by atoms with Gasteiger partial charge in [-0.25, -0.2) is 9.48 Å². The second-order valence-electron chi connectivity index (χ2n) is 8.21. The highest BCUT2D eigenvalue weighted by Gasteiger charge is 2.23. The van der Waals surface area contributed by atoms with E-state index in [2.05, 4.69) is 32.3 Å². The summed E-state index contributed by atoms with van der Waals surface area (Å²) in [5, 5.41) is 11.1. The molecule has 1 aliphatic rings. The van der Waals surface area contributed by atoms with Crippen LogP contribution >= 0.6 is 0 Å². The summed E-state index contributed by atoms with van der Waals surface area (Å²) in [5.41, 5.74) is 3.56. The van der Waals surface area contributed by atoms with E-state index in [1.807, 2.05) is 54.6 Å². The summed E-state index contributed by atoms with van der Waals surface area (Å²) < 4.78 is 4.46. The molecule has 0 N–H and O–H groups in total. The molecule has 0 unspecified atom stereocenters. The molecule has 0 atom stereocenters. The molecule has 0 bridgehead atoms. The van der Waals surface area contributed by atoms with Crippen LogP contribution in [0.5, 0.6) is 0 Å². The van der Waals surface area contributed by atoms with Crippen molar-refractivity contribution in [2.24, 2.45) is 7.05 Å². The van der Waals surface area contributed by atoms with Crippen LogP contribution in [0.25, 0.3) is 5.69 Å². The Kier molecular flexibility index (Phi) is 5.89. The molecule has 170 valence electrons. The zero-order chi connectivity index (χ0) is 23.5. The lowest BCUT2D eigenvalue weighted by Gasteiger charge is -2.28. The highest BCUT2D eigenvalue weighted by atomic mass is 16.2. The minimum absolute atomic E-state index is 0.197. The molecule has 9 heteroatoms.